The van der Waals surface area contributed by atoms with Crippen LogP contribution in [0.15, 0.2) is 42.5 Å². The zero-order valence-electron chi connectivity index (χ0n) is 12.6. The Balaban J connectivity index is 2.07. The highest BCUT2D eigenvalue weighted by molar-refractivity contribution is 6.30. The molecule has 0 saturated carbocycles. The van der Waals surface area contributed by atoms with Gasteiger partial charge in [0.05, 0.1) is 11.7 Å². The van der Waals surface area contributed by atoms with Gasteiger partial charge in [0.1, 0.15) is 0 Å². The van der Waals surface area contributed by atoms with Crippen molar-refractivity contribution in [1.82, 2.24) is 4.90 Å². The molecule has 1 aliphatic rings. The lowest BCUT2D eigenvalue weighted by Gasteiger charge is -2.39. The van der Waals surface area contributed by atoms with Gasteiger partial charge in [-0.1, -0.05) is 23.7 Å². The number of hydrogen-bond acceptors (Lipinski definition) is 2. The predicted octanol–water partition coefficient (Wildman–Crippen LogP) is 4.06. The number of hydrogen-bond donors (Lipinski definition) is 1. The van der Waals surface area contributed by atoms with E-state index in [0.717, 1.165) is 16.8 Å². The van der Waals surface area contributed by atoms with Gasteiger partial charge in [0.2, 0.25) is 0 Å². The zero-order chi connectivity index (χ0) is 15.9. The Morgan fingerprint density at radius 1 is 1.23 bits per heavy atom. The van der Waals surface area contributed by atoms with E-state index < -0.39 is 0 Å². The molecule has 0 aliphatic carbocycles. The minimum absolute atomic E-state index is 0.0234. The van der Waals surface area contributed by atoms with Crippen LogP contribution in [0.2, 0.25) is 5.02 Å². The Morgan fingerprint density at radius 2 is 2.00 bits per heavy atom. The van der Waals surface area contributed by atoms with E-state index >= 15 is 0 Å². The van der Waals surface area contributed by atoms with Gasteiger partial charge in [-0.2, -0.15) is 0 Å². The highest BCUT2D eigenvalue weighted by Gasteiger charge is 2.32. The average Bonchev–Trinajstić information content (AvgIpc) is 2.48. The fourth-order valence-corrected chi connectivity index (χ4v) is 3.07. The minimum atomic E-state index is -0.115. The molecule has 0 fully saturated rings. The largest absolute Gasteiger partial charge is 0.399 e. The molecular formula is C17H18ClN3O. The molecule has 22 heavy (non-hydrogen) atoms. The second kappa shape index (κ2) is 5.54. The maximum atomic E-state index is 12.7. The lowest BCUT2D eigenvalue weighted by atomic mass is 10.0. The number of fused-ring (bicyclic) bond motifs is 1. The number of urea groups is 1. The van der Waals surface area contributed by atoms with Crippen molar-refractivity contribution in [3.8, 4) is 0 Å². The van der Waals surface area contributed by atoms with Crippen LogP contribution in [0.5, 0.6) is 0 Å². The third-order valence-corrected chi connectivity index (χ3v) is 4.26. The third-order valence-electron chi connectivity index (χ3n) is 4.02. The second-order valence-electron chi connectivity index (χ2n) is 5.63. The van der Waals surface area contributed by atoms with Crippen molar-refractivity contribution in [2.75, 3.05) is 17.7 Å². The molecule has 2 aromatic carbocycles. The van der Waals surface area contributed by atoms with Gasteiger partial charge in [0, 0.05) is 24.3 Å². The van der Waals surface area contributed by atoms with Gasteiger partial charge < -0.3 is 10.6 Å². The van der Waals surface area contributed by atoms with Crippen LogP contribution in [0.3, 0.4) is 0 Å². The predicted molar refractivity (Wildman–Crippen MR) is 90.1 cm³/mol. The molecule has 0 saturated heterocycles. The fourth-order valence-electron chi connectivity index (χ4n) is 2.87. The number of carbonyl (C=O) groups is 1. The molecule has 0 spiro atoms. The van der Waals surface area contributed by atoms with Crippen molar-refractivity contribution in [3.63, 3.8) is 0 Å². The normalized spacial score (nSPS) is 15.7. The summed E-state index contributed by atoms with van der Waals surface area (Å²) in [7, 11) is 1.80. The minimum Gasteiger partial charge on any atom is -0.399 e. The summed E-state index contributed by atoms with van der Waals surface area (Å²) in [6.45, 7) is 2.57. The van der Waals surface area contributed by atoms with Crippen molar-refractivity contribution in [1.29, 1.82) is 0 Å². The third kappa shape index (κ3) is 2.50. The summed E-state index contributed by atoms with van der Waals surface area (Å²) in [5, 5.41) is 0.666. The molecule has 3 rings (SSSR count). The number of amides is 2. The molecule has 1 unspecified atom stereocenters. The molecule has 2 aromatic rings. The highest BCUT2D eigenvalue weighted by atomic mass is 35.5. The van der Waals surface area contributed by atoms with Crippen LogP contribution in [-0.4, -0.2) is 18.0 Å². The number of nitrogens with zero attached hydrogens (tertiary/aromatic N) is 2. The number of halogens is 1. The van der Waals surface area contributed by atoms with E-state index in [9.17, 15) is 4.79 Å². The summed E-state index contributed by atoms with van der Waals surface area (Å²) in [5.41, 5.74) is 9.54. The quantitative estimate of drug-likeness (QED) is 0.850. The van der Waals surface area contributed by atoms with Crippen LogP contribution < -0.4 is 10.6 Å². The molecule has 2 amide bonds. The summed E-state index contributed by atoms with van der Waals surface area (Å²) in [4.78, 5) is 16.2. The molecular weight excluding hydrogens is 298 g/mol. The van der Waals surface area contributed by atoms with Gasteiger partial charge >= 0.3 is 6.03 Å². The van der Waals surface area contributed by atoms with Gasteiger partial charge in [0.15, 0.2) is 0 Å². The van der Waals surface area contributed by atoms with Gasteiger partial charge in [-0.3, -0.25) is 4.90 Å². The molecule has 0 radical (unpaired) electrons. The van der Waals surface area contributed by atoms with Crippen LogP contribution in [-0.2, 0) is 6.54 Å². The van der Waals surface area contributed by atoms with Crippen LogP contribution in [0.25, 0.3) is 0 Å². The van der Waals surface area contributed by atoms with E-state index in [1.54, 1.807) is 16.8 Å². The number of nitrogen functional groups attached to an aromatic ring is 1. The maximum Gasteiger partial charge on any atom is 0.325 e. The van der Waals surface area contributed by atoms with Gasteiger partial charge in [-0.05, 0) is 48.4 Å². The van der Waals surface area contributed by atoms with Crippen molar-refractivity contribution in [2.45, 2.75) is 19.5 Å². The Labute approximate surface area is 135 Å². The van der Waals surface area contributed by atoms with E-state index in [0.29, 0.717) is 17.3 Å². The fraction of sp³-hybridized carbons (Fsp3) is 0.235. The number of carbonyl (C=O) groups excluding carboxylic acids is 1. The molecule has 1 heterocycles. The molecule has 0 bridgehead atoms. The standard InChI is InChI=1S/C17H18ClN3O/c1-11(12-4-3-5-14(18)8-12)21-16-7-6-15(19)9-13(16)10-20(2)17(21)22/h3-9,11H,10,19H2,1-2H3. The number of rotatable bonds is 2. The summed E-state index contributed by atoms with van der Waals surface area (Å²) >= 11 is 6.08. The first-order valence-corrected chi connectivity index (χ1v) is 7.53. The number of benzene rings is 2. The smallest absolute Gasteiger partial charge is 0.325 e. The molecule has 5 heteroatoms. The summed E-state index contributed by atoms with van der Waals surface area (Å²) in [6, 6.07) is 13.1. The van der Waals surface area contributed by atoms with Crippen LogP contribution in [0, 0.1) is 0 Å². The van der Waals surface area contributed by atoms with Crippen molar-refractivity contribution < 1.29 is 4.79 Å². The first kappa shape index (κ1) is 14.7. The average molecular weight is 316 g/mol. The Morgan fingerprint density at radius 3 is 2.73 bits per heavy atom. The maximum absolute atomic E-state index is 12.7. The van der Waals surface area contributed by atoms with E-state index in [1.807, 2.05) is 49.4 Å². The van der Waals surface area contributed by atoms with Gasteiger partial charge in [-0.15, -0.1) is 0 Å². The number of nitrogens with two attached hydrogens (primary N) is 1. The first-order chi connectivity index (χ1) is 10.5. The van der Waals surface area contributed by atoms with Gasteiger partial charge in [-0.25, -0.2) is 4.79 Å². The van der Waals surface area contributed by atoms with E-state index in [1.165, 1.54) is 0 Å². The second-order valence-corrected chi connectivity index (χ2v) is 6.06. The lowest BCUT2D eigenvalue weighted by Crippen LogP contribution is -2.46. The number of anilines is 2. The topological polar surface area (TPSA) is 49.6 Å². The van der Waals surface area contributed by atoms with E-state index in [-0.39, 0.29) is 12.1 Å². The van der Waals surface area contributed by atoms with Gasteiger partial charge in [0.25, 0.3) is 0 Å². The monoisotopic (exact) mass is 315 g/mol. The van der Waals surface area contributed by atoms with Crippen molar-refractivity contribution >= 4 is 29.0 Å². The lowest BCUT2D eigenvalue weighted by molar-refractivity contribution is 0.208. The van der Waals surface area contributed by atoms with Crippen LogP contribution in [0.4, 0.5) is 16.2 Å². The highest BCUT2D eigenvalue weighted by Crippen LogP contribution is 2.36. The SMILES string of the molecule is CC(c1cccc(Cl)c1)N1C(=O)N(C)Cc2cc(N)ccc21. The van der Waals surface area contributed by atoms with Crippen molar-refractivity contribution in [3.05, 3.63) is 58.6 Å². The summed E-state index contributed by atoms with van der Waals surface area (Å²) in [5.74, 6) is 0. The van der Waals surface area contributed by atoms with Crippen LogP contribution in [0.1, 0.15) is 24.1 Å². The molecule has 1 atom stereocenters. The van der Waals surface area contributed by atoms with Crippen LogP contribution >= 0.6 is 11.6 Å². The summed E-state index contributed by atoms with van der Waals surface area (Å²) < 4.78 is 0. The van der Waals surface area contributed by atoms with E-state index in [4.69, 9.17) is 17.3 Å². The van der Waals surface area contributed by atoms with Crippen molar-refractivity contribution in [2.24, 2.45) is 0 Å². The summed E-state index contributed by atoms with van der Waals surface area (Å²) in [6.07, 6.45) is 0. The molecule has 1 aliphatic heterocycles. The Bertz CT molecular complexity index is 732. The molecule has 4 nitrogen and oxygen atoms in total. The Hall–Kier alpha value is -2.20. The van der Waals surface area contributed by atoms with E-state index in [2.05, 4.69) is 0 Å². The zero-order valence-corrected chi connectivity index (χ0v) is 13.3. The Kier molecular flexibility index (Phi) is 3.71. The molecule has 2 N–H and O–H groups in total. The molecule has 114 valence electrons. The first-order valence-electron chi connectivity index (χ1n) is 7.15. The molecule has 0 aromatic heterocycles.